The molecule has 6 nitrogen and oxygen atoms in total. The molecule has 162 valence electrons. The highest BCUT2D eigenvalue weighted by Crippen LogP contribution is 2.34. The summed E-state index contributed by atoms with van der Waals surface area (Å²) in [5.74, 6) is -1.14. The molecule has 0 N–H and O–H groups in total. The van der Waals surface area contributed by atoms with E-state index in [0.717, 1.165) is 6.42 Å². The summed E-state index contributed by atoms with van der Waals surface area (Å²) in [5.41, 5.74) is -0.715. The lowest BCUT2D eigenvalue weighted by Gasteiger charge is -2.36. The minimum atomic E-state index is -0.775. The highest BCUT2D eigenvalue weighted by molar-refractivity contribution is 5.89. The molecule has 0 amide bonds. The number of hydrogen-bond acceptors (Lipinski definition) is 6. The molecule has 0 aliphatic rings. The summed E-state index contributed by atoms with van der Waals surface area (Å²) in [4.78, 5) is 45.4. The molecular formula is C24H30O6. The van der Waals surface area contributed by atoms with Crippen LogP contribution in [0.1, 0.15) is 68.2 Å². The Balaban J connectivity index is 1.92. The number of carbonyl (C=O) groups excluding carboxylic acids is 2. The summed E-state index contributed by atoms with van der Waals surface area (Å²) in [6.07, 6.45) is 1.26. The van der Waals surface area contributed by atoms with E-state index in [1.54, 1.807) is 48.5 Å². The Morgan fingerprint density at radius 1 is 0.767 bits per heavy atom. The van der Waals surface area contributed by atoms with Crippen molar-refractivity contribution in [2.45, 2.75) is 58.7 Å². The Kier molecular flexibility index (Phi) is 8.15. The van der Waals surface area contributed by atoms with Gasteiger partial charge in [0.2, 0.25) is 0 Å². The zero-order chi connectivity index (χ0) is 22.2. The van der Waals surface area contributed by atoms with E-state index in [-0.39, 0.29) is 5.92 Å². The lowest BCUT2D eigenvalue weighted by atomic mass is 9.81. The fourth-order valence-electron chi connectivity index (χ4n) is 3.12. The van der Waals surface area contributed by atoms with Crippen LogP contribution in [0.2, 0.25) is 0 Å². The molecule has 0 aliphatic heterocycles. The summed E-state index contributed by atoms with van der Waals surface area (Å²) in [6, 6.07) is 17.3. The maximum atomic E-state index is 12.2. The molecule has 0 bridgehead atoms. The number of carbonyl (C=O) groups is 2. The van der Waals surface area contributed by atoms with Crippen LogP contribution in [-0.2, 0) is 19.6 Å². The van der Waals surface area contributed by atoms with E-state index in [2.05, 4.69) is 0 Å². The van der Waals surface area contributed by atoms with E-state index in [9.17, 15) is 9.59 Å². The normalized spacial score (nSPS) is 12.8. The molecular weight excluding hydrogens is 384 g/mol. The third-order valence-corrected chi connectivity index (χ3v) is 4.91. The zero-order valence-electron chi connectivity index (χ0n) is 18.2. The molecule has 0 saturated heterocycles. The maximum absolute atomic E-state index is 12.2. The van der Waals surface area contributed by atoms with Crippen molar-refractivity contribution in [2.24, 2.45) is 5.92 Å². The summed E-state index contributed by atoms with van der Waals surface area (Å²) < 4.78 is 0. The monoisotopic (exact) mass is 414 g/mol. The van der Waals surface area contributed by atoms with Gasteiger partial charge < -0.3 is 0 Å². The second-order valence-corrected chi connectivity index (χ2v) is 8.31. The summed E-state index contributed by atoms with van der Waals surface area (Å²) in [5, 5.41) is 0. The van der Waals surface area contributed by atoms with Gasteiger partial charge in [-0.05, 0) is 64.3 Å². The van der Waals surface area contributed by atoms with Crippen molar-refractivity contribution in [3.8, 4) is 0 Å². The minimum absolute atomic E-state index is 0.0356. The van der Waals surface area contributed by atoms with Crippen molar-refractivity contribution in [2.75, 3.05) is 0 Å². The summed E-state index contributed by atoms with van der Waals surface area (Å²) in [6.45, 7) is 9.39. The first kappa shape index (κ1) is 23.6. The number of benzene rings is 2. The van der Waals surface area contributed by atoms with Gasteiger partial charge in [-0.3, -0.25) is 9.78 Å². The van der Waals surface area contributed by atoms with Gasteiger partial charge in [0, 0.05) is 0 Å². The summed E-state index contributed by atoms with van der Waals surface area (Å²) >= 11 is 0. The minimum Gasteiger partial charge on any atom is -0.292 e. The summed E-state index contributed by atoms with van der Waals surface area (Å²) in [7, 11) is 0. The van der Waals surface area contributed by atoms with Gasteiger partial charge in [-0.2, -0.15) is 9.78 Å². The van der Waals surface area contributed by atoms with Crippen molar-refractivity contribution in [1.29, 1.82) is 0 Å². The molecule has 1 atom stereocenters. The zero-order valence-corrected chi connectivity index (χ0v) is 18.2. The lowest BCUT2D eigenvalue weighted by Crippen LogP contribution is -2.40. The van der Waals surface area contributed by atoms with Crippen molar-refractivity contribution < 1.29 is 29.1 Å². The van der Waals surface area contributed by atoms with E-state index in [4.69, 9.17) is 19.6 Å². The van der Waals surface area contributed by atoms with Crippen molar-refractivity contribution in [3.05, 3.63) is 71.8 Å². The van der Waals surface area contributed by atoms with Crippen LogP contribution in [0.3, 0.4) is 0 Å². The van der Waals surface area contributed by atoms with Crippen molar-refractivity contribution >= 4 is 11.9 Å². The molecule has 2 rings (SSSR count). The van der Waals surface area contributed by atoms with Crippen LogP contribution in [0.25, 0.3) is 0 Å². The van der Waals surface area contributed by atoms with Crippen LogP contribution in [0, 0.1) is 5.92 Å². The van der Waals surface area contributed by atoms with E-state index >= 15 is 0 Å². The number of rotatable bonds is 10. The van der Waals surface area contributed by atoms with Gasteiger partial charge in [-0.25, -0.2) is 9.59 Å². The average Bonchev–Trinajstić information content (AvgIpc) is 2.75. The topological polar surface area (TPSA) is 71.1 Å². The smallest absolute Gasteiger partial charge is 0.292 e. The van der Waals surface area contributed by atoms with Crippen LogP contribution < -0.4 is 0 Å². The molecule has 6 heteroatoms. The van der Waals surface area contributed by atoms with Gasteiger partial charge >= 0.3 is 11.9 Å². The van der Waals surface area contributed by atoms with Crippen LogP contribution in [0.4, 0.5) is 0 Å². The fourth-order valence-corrected chi connectivity index (χ4v) is 3.12. The molecule has 2 aromatic carbocycles. The van der Waals surface area contributed by atoms with Gasteiger partial charge in [0.05, 0.1) is 11.1 Å². The lowest BCUT2D eigenvalue weighted by molar-refractivity contribution is -0.337. The second-order valence-electron chi connectivity index (χ2n) is 8.31. The first-order chi connectivity index (χ1) is 14.1. The molecule has 0 aliphatic carbocycles. The first-order valence-corrected chi connectivity index (χ1v) is 10.0. The average molecular weight is 414 g/mol. The van der Waals surface area contributed by atoms with Crippen LogP contribution in [0.15, 0.2) is 60.7 Å². The predicted octanol–water partition coefficient (Wildman–Crippen LogP) is 5.54. The Morgan fingerprint density at radius 3 is 1.63 bits per heavy atom. The molecule has 30 heavy (non-hydrogen) atoms. The van der Waals surface area contributed by atoms with E-state index in [0.29, 0.717) is 17.5 Å². The molecule has 1 unspecified atom stereocenters. The van der Waals surface area contributed by atoms with Gasteiger partial charge in [0.25, 0.3) is 0 Å². The van der Waals surface area contributed by atoms with Gasteiger partial charge in [0.1, 0.15) is 11.2 Å². The van der Waals surface area contributed by atoms with E-state index < -0.39 is 23.1 Å². The highest BCUT2D eigenvalue weighted by Gasteiger charge is 2.38. The SMILES string of the molecule is CCC(CC(C)(C)OOC(=O)c1ccccc1)C(C)(C)OOC(=O)c1ccccc1. The van der Waals surface area contributed by atoms with Crippen LogP contribution >= 0.6 is 0 Å². The standard InChI is InChI=1S/C24H30O6/c1-6-20(24(4,5)30-28-22(26)19-15-11-8-12-16-19)17-23(2,3)29-27-21(25)18-13-9-7-10-14-18/h7-16,20H,6,17H2,1-5H3. The fraction of sp³-hybridized carbons (Fsp3) is 0.417. The van der Waals surface area contributed by atoms with Crippen molar-refractivity contribution in [1.82, 2.24) is 0 Å². The van der Waals surface area contributed by atoms with Gasteiger partial charge in [-0.1, -0.05) is 49.7 Å². The van der Waals surface area contributed by atoms with Gasteiger partial charge in [-0.15, -0.1) is 0 Å². The molecule has 0 saturated carbocycles. The molecule has 0 heterocycles. The third-order valence-electron chi connectivity index (χ3n) is 4.91. The van der Waals surface area contributed by atoms with E-state index in [1.165, 1.54) is 0 Å². The van der Waals surface area contributed by atoms with Crippen LogP contribution in [0.5, 0.6) is 0 Å². The van der Waals surface area contributed by atoms with E-state index in [1.807, 2.05) is 46.8 Å². The molecule has 0 aromatic heterocycles. The van der Waals surface area contributed by atoms with Gasteiger partial charge in [0.15, 0.2) is 0 Å². The third kappa shape index (κ3) is 6.97. The molecule has 0 spiro atoms. The molecule has 2 aromatic rings. The predicted molar refractivity (Wildman–Crippen MR) is 112 cm³/mol. The molecule has 0 radical (unpaired) electrons. The quantitative estimate of drug-likeness (QED) is 0.376. The maximum Gasteiger partial charge on any atom is 0.373 e. The Hall–Kier alpha value is -2.70. The highest BCUT2D eigenvalue weighted by atomic mass is 17.2. The first-order valence-electron chi connectivity index (χ1n) is 10.0. The Labute approximate surface area is 178 Å². The Morgan fingerprint density at radius 2 is 1.20 bits per heavy atom. The Bertz CT molecular complexity index is 814. The second kappa shape index (κ2) is 10.4. The molecule has 0 fully saturated rings. The largest absolute Gasteiger partial charge is 0.373 e. The number of hydrogen-bond donors (Lipinski definition) is 0. The van der Waals surface area contributed by atoms with Crippen LogP contribution in [-0.4, -0.2) is 23.1 Å². The van der Waals surface area contributed by atoms with Crippen molar-refractivity contribution in [3.63, 3.8) is 0 Å².